The van der Waals surface area contributed by atoms with Crippen molar-refractivity contribution in [1.82, 2.24) is 0 Å². The second-order valence-corrected chi connectivity index (χ2v) is 6.22. The molecule has 2 aliphatic rings. The van der Waals surface area contributed by atoms with Crippen LogP contribution in [-0.4, -0.2) is 17.6 Å². The fourth-order valence-electron chi connectivity index (χ4n) is 2.93. The third-order valence-corrected chi connectivity index (χ3v) is 4.57. The predicted molar refractivity (Wildman–Crippen MR) is 77.1 cm³/mol. The molecule has 0 spiro atoms. The molecule has 0 heterocycles. The number of carbonyl (C=O) groups is 2. The highest BCUT2D eigenvalue weighted by Crippen LogP contribution is 2.53. The fourth-order valence-corrected chi connectivity index (χ4v) is 2.93. The zero-order chi connectivity index (χ0) is 14.2. The number of hydrogen-bond donors (Lipinski definition) is 1. The Bertz CT molecular complexity index is 515. The average molecular weight is 271 g/mol. The summed E-state index contributed by atoms with van der Waals surface area (Å²) in [4.78, 5) is 24.7. The minimum absolute atomic E-state index is 0.00895. The van der Waals surface area contributed by atoms with Crippen LogP contribution in [0.2, 0.25) is 0 Å². The number of ketones is 2. The monoisotopic (exact) mass is 271 g/mol. The predicted octanol–water partition coefficient (Wildman–Crippen LogP) is 2.27. The summed E-state index contributed by atoms with van der Waals surface area (Å²) < 4.78 is 0. The molecule has 106 valence electrons. The van der Waals surface area contributed by atoms with Crippen LogP contribution in [0.15, 0.2) is 30.3 Å². The topological polar surface area (TPSA) is 60.2 Å². The molecule has 0 aromatic heterocycles. The van der Waals surface area contributed by atoms with E-state index in [-0.39, 0.29) is 17.5 Å². The van der Waals surface area contributed by atoms with E-state index in [1.165, 1.54) is 5.56 Å². The molecule has 1 aromatic rings. The van der Waals surface area contributed by atoms with Crippen LogP contribution in [-0.2, 0) is 16.0 Å². The lowest BCUT2D eigenvalue weighted by atomic mass is 9.86. The van der Waals surface area contributed by atoms with Crippen molar-refractivity contribution in [3.63, 3.8) is 0 Å². The minimum Gasteiger partial charge on any atom is -0.321 e. The molecule has 2 saturated carbocycles. The van der Waals surface area contributed by atoms with Crippen molar-refractivity contribution in [3.8, 4) is 0 Å². The molecule has 2 aliphatic carbocycles. The van der Waals surface area contributed by atoms with E-state index in [2.05, 4.69) is 0 Å². The Morgan fingerprint density at radius 3 is 2.40 bits per heavy atom. The van der Waals surface area contributed by atoms with Gasteiger partial charge in [-0.25, -0.2) is 0 Å². The lowest BCUT2D eigenvalue weighted by Crippen LogP contribution is -2.41. The van der Waals surface area contributed by atoms with E-state index in [9.17, 15) is 9.59 Å². The summed E-state index contributed by atoms with van der Waals surface area (Å²) in [6, 6.07) is 9.53. The molecule has 1 atom stereocenters. The number of Topliss-reactive ketones (excluding diaryl/α,β-unsaturated/α-hetero) is 2. The standard InChI is InChI=1S/C17H21NO2/c18-14(9-6-12-4-2-1-3-5-12)16(20)17(10-11-17)15(19)13-7-8-13/h1-5,13-14H,6-11,18H2. The molecular formula is C17H21NO2. The Morgan fingerprint density at radius 1 is 1.20 bits per heavy atom. The van der Waals surface area contributed by atoms with E-state index in [0.717, 1.165) is 32.1 Å². The lowest BCUT2D eigenvalue weighted by Gasteiger charge is -2.18. The van der Waals surface area contributed by atoms with E-state index in [1.807, 2.05) is 30.3 Å². The maximum absolute atomic E-state index is 12.5. The first-order chi connectivity index (χ1) is 9.63. The van der Waals surface area contributed by atoms with Gasteiger partial charge in [0.05, 0.1) is 11.5 Å². The molecule has 0 radical (unpaired) electrons. The summed E-state index contributed by atoms with van der Waals surface area (Å²) in [5.41, 5.74) is 6.55. The van der Waals surface area contributed by atoms with Crippen LogP contribution in [0.5, 0.6) is 0 Å². The maximum Gasteiger partial charge on any atom is 0.163 e. The molecular weight excluding hydrogens is 250 g/mol. The van der Waals surface area contributed by atoms with Crippen LogP contribution >= 0.6 is 0 Å². The summed E-state index contributed by atoms with van der Waals surface area (Å²) >= 11 is 0. The molecule has 1 aromatic carbocycles. The summed E-state index contributed by atoms with van der Waals surface area (Å²) in [5, 5.41) is 0. The van der Waals surface area contributed by atoms with Crippen LogP contribution in [0.1, 0.15) is 37.7 Å². The van der Waals surface area contributed by atoms with E-state index < -0.39 is 11.5 Å². The van der Waals surface area contributed by atoms with Crippen LogP contribution in [0.4, 0.5) is 0 Å². The van der Waals surface area contributed by atoms with Gasteiger partial charge in [0.25, 0.3) is 0 Å². The summed E-state index contributed by atoms with van der Waals surface area (Å²) in [6.45, 7) is 0. The van der Waals surface area contributed by atoms with E-state index in [0.29, 0.717) is 6.42 Å². The van der Waals surface area contributed by atoms with Gasteiger partial charge in [-0.05, 0) is 44.1 Å². The van der Waals surface area contributed by atoms with Crippen LogP contribution in [0, 0.1) is 11.3 Å². The Hall–Kier alpha value is -1.48. The third-order valence-electron chi connectivity index (χ3n) is 4.57. The first kappa shape index (κ1) is 13.5. The van der Waals surface area contributed by atoms with Gasteiger partial charge in [0.1, 0.15) is 5.78 Å². The molecule has 3 rings (SSSR count). The third kappa shape index (κ3) is 2.55. The normalized spacial score (nSPS) is 21.2. The number of hydrogen-bond acceptors (Lipinski definition) is 3. The largest absolute Gasteiger partial charge is 0.321 e. The lowest BCUT2D eigenvalue weighted by molar-refractivity contribution is -0.136. The van der Waals surface area contributed by atoms with Crippen LogP contribution < -0.4 is 5.73 Å². The average Bonchev–Trinajstić information content (AvgIpc) is 3.37. The number of nitrogens with two attached hydrogens (primary N) is 1. The zero-order valence-corrected chi connectivity index (χ0v) is 11.7. The molecule has 2 N–H and O–H groups in total. The SMILES string of the molecule is NC(CCc1ccccc1)C(=O)C1(C(=O)C2CC2)CC1. The number of rotatable bonds is 7. The van der Waals surface area contributed by atoms with E-state index in [4.69, 9.17) is 5.73 Å². The first-order valence-corrected chi connectivity index (χ1v) is 7.52. The molecule has 20 heavy (non-hydrogen) atoms. The second kappa shape index (κ2) is 5.13. The molecule has 2 fully saturated rings. The van der Waals surface area contributed by atoms with Crippen molar-refractivity contribution >= 4 is 11.6 Å². The number of aryl methyl sites for hydroxylation is 1. The van der Waals surface area contributed by atoms with Gasteiger partial charge in [-0.3, -0.25) is 9.59 Å². The Labute approximate surface area is 119 Å². The Morgan fingerprint density at radius 2 is 1.85 bits per heavy atom. The maximum atomic E-state index is 12.5. The summed E-state index contributed by atoms with van der Waals surface area (Å²) in [6.07, 6.45) is 4.80. The molecule has 3 heteroatoms. The van der Waals surface area contributed by atoms with Crippen molar-refractivity contribution in [2.75, 3.05) is 0 Å². The van der Waals surface area contributed by atoms with Gasteiger partial charge in [-0.1, -0.05) is 30.3 Å². The number of benzene rings is 1. The van der Waals surface area contributed by atoms with Gasteiger partial charge in [-0.15, -0.1) is 0 Å². The Balaban J connectivity index is 1.58. The van der Waals surface area contributed by atoms with Gasteiger partial charge >= 0.3 is 0 Å². The fraction of sp³-hybridized carbons (Fsp3) is 0.529. The van der Waals surface area contributed by atoms with Gasteiger partial charge < -0.3 is 5.73 Å². The molecule has 0 amide bonds. The summed E-state index contributed by atoms with van der Waals surface area (Å²) in [7, 11) is 0. The molecule has 0 saturated heterocycles. The van der Waals surface area contributed by atoms with Gasteiger partial charge in [-0.2, -0.15) is 0 Å². The van der Waals surface area contributed by atoms with E-state index >= 15 is 0 Å². The zero-order valence-electron chi connectivity index (χ0n) is 11.7. The molecule has 0 bridgehead atoms. The van der Waals surface area contributed by atoms with Crippen molar-refractivity contribution in [3.05, 3.63) is 35.9 Å². The molecule has 1 unspecified atom stereocenters. The second-order valence-electron chi connectivity index (χ2n) is 6.22. The van der Waals surface area contributed by atoms with Crippen molar-refractivity contribution < 1.29 is 9.59 Å². The summed E-state index contributed by atoms with van der Waals surface area (Å²) in [5.74, 6) is 0.325. The highest BCUT2D eigenvalue weighted by atomic mass is 16.2. The van der Waals surface area contributed by atoms with Crippen LogP contribution in [0.25, 0.3) is 0 Å². The quantitative estimate of drug-likeness (QED) is 0.774. The van der Waals surface area contributed by atoms with Crippen LogP contribution in [0.3, 0.4) is 0 Å². The van der Waals surface area contributed by atoms with Gasteiger partial charge in [0.15, 0.2) is 5.78 Å². The Kier molecular flexibility index (Phi) is 3.47. The van der Waals surface area contributed by atoms with E-state index in [1.54, 1.807) is 0 Å². The minimum atomic E-state index is -0.683. The number of carbonyl (C=O) groups excluding carboxylic acids is 2. The molecule has 0 aliphatic heterocycles. The first-order valence-electron chi connectivity index (χ1n) is 7.52. The van der Waals surface area contributed by atoms with Gasteiger partial charge in [0, 0.05) is 5.92 Å². The highest BCUT2D eigenvalue weighted by molar-refractivity contribution is 6.13. The van der Waals surface area contributed by atoms with Crippen molar-refractivity contribution in [2.24, 2.45) is 17.1 Å². The smallest absolute Gasteiger partial charge is 0.163 e. The van der Waals surface area contributed by atoms with Gasteiger partial charge in [0.2, 0.25) is 0 Å². The van der Waals surface area contributed by atoms with Crippen molar-refractivity contribution in [1.29, 1.82) is 0 Å². The molecule has 3 nitrogen and oxygen atoms in total. The highest BCUT2D eigenvalue weighted by Gasteiger charge is 2.59. The van der Waals surface area contributed by atoms with Crippen molar-refractivity contribution in [2.45, 2.75) is 44.6 Å².